The third kappa shape index (κ3) is 16.8. The molecule has 0 amide bonds. The Hall–Kier alpha value is 0.640. The first kappa shape index (κ1) is 23.9. The second-order valence-corrected chi connectivity index (χ2v) is 6.77. The average Bonchev–Trinajstić information content (AvgIpc) is 2.36. The van der Waals surface area contributed by atoms with E-state index in [4.69, 9.17) is 5.73 Å². The number of unbranched alkanes of at least 4 members (excludes halogenated alkanes) is 8. The van der Waals surface area contributed by atoms with Crippen molar-refractivity contribution in [3.05, 3.63) is 0 Å². The molecule has 0 heterocycles. The SMILES string of the molecule is CCCCCCCCCCCC(=O)OS(=O)(=O)CCN.[Ca]. The van der Waals surface area contributed by atoms with Gasteiger partial charge in [0.2, 0.25) is 0 Å². The Morgan fingerprint density at radius 1 is 0.952 bits per heavy atom. The van der Waals surface area contributed by atoms with Crippen LogP contribution >= 0.6 is 0 Å². The minimum Gasteiger partial charge on any atom is -0.346 e. The summed E-state index contributed by atoms with van der Waals surface area (Å²) in [7, 11) is -3.77. The summed E-state index contributed by atoms with van der Waals surface area (Å²) in [4.78, 5) is 11.3. The minimum absolute atomic E-state index is 0. The first-order valence-electron chi connectivity index (χ1n) is 7.67. The van der Waals surface area contributed by atoms with E-state index in [1.807, 2.05) is 0 Å². The van der Waals surface area contributed by atoms with Crippen LogP contribution in [0.25, 0.3) is 0 Å². The molecule has 0 atom stereocenters. The molecule has 0 aromatic rings. The van der Waals surface area contributed by atoms with Crippen molar-refractivity contribution in [2.75, 3.05) is 12.3 Å². The fourth-order valence-electron chi connectivity index (χ4n) is 1.95. The van der Waals surface area contributed by atoms with Gasteiger partial charge in [-0.2, -0.15) is 8.42 Å². The third-order valence-corrected chi connectivity index (χ3v) is 4.25. The maximum absolute atomic E-state index is 11.3. The molecule has 0 saturated carbocycles. The Kier molecular flexibility index (Phi) is 17.7. The quantitative estimate of drug-likeness (QED) is 0.314. The van der Waals surface area contributed by atoms with Crippen LogP contribution in [0.1, 0.15) is 71.1 Å². The maximum atomic E-state index is 11.3. The fourth-order valence-corrected chi connectivity index (χ4v) is 2.69. The Bertz CT molecular complexity index is 347. The Morgan fingerprint density at radius 2 is 1.43 bits per heavy atom. The zero-order chi connectivity index (χ0) is 15.3. The van der Waals surface area contributed by atoms with Gasteiger partial charge in [0.05, 0.1) is 5.75 Å². The molecule has 0 saturated heterocycles. The molecule has 0 rings (SSSR count). The predicted molar refractivity (Wildman–Crippen MR) is 86.5 cm³/mol. The standard InChI is InChI=1S/C14H29NO4S.Ca/c1-2-3-4-5-6-7-8-9-10-11-14(16)19-20(17,18)13-12-15;/h2-13,15H2,1H3;. The van der Waals surface area contributed by atoms with E-state index in [1.165, 1.54) is 38.5 Å². The van der Waals surface area contributed by atoms with Crippen molar-refractivity contribution in [3.63, 3.8) is 0 Å². The van der Waals surface area contributed by atoms with Crippen LogP contribution in [0, 0.1) is 0 Å². The first-order valence-corrected chi connectivity index (χ1v) is 9.24. The minimum atomic E-state index is -3.77. The molecule has 0 aliphatic rings. The average molecular weight is 348 g/mol. The van der Waals surface area contributed by atoms with Gasteiger partial charge in [0.15, 0.2) is 0 Å². The van der Waals surface area contributed by atoms with Crippen molar-refractivity contribution in [2.24, 2.45) is 5.73 Å². The molecular formula is C14H29CaNO4S. The van der Waals surface area contributed by atoms with E-state index in [0.717, 1.165) is 12.8 Å². The molecule has 0 aromatic carbocycles. The molecule has 0 unspecified atom stereocenters. The molecule has 0 bridgehead atoms. The molecule has 5 nitrogen and oxygen atoms in total. The number of rotatable bonds is 13. The van der Waals surface area contributed by atoms with Crippen molar-refractivity contribution in [1.82, 2.24) is 0 Å². The molecule has 2 N–H and O–H groups in total. The van der Waals surface area contributed by atoms with Crippen LogP contribution in [-0.2, 0) is 19.1 Å². The molecule has 0 spiro atoms. The Balaban J connectivity index is 0. The van der Waals surface area contributed by atoms with Gasteiger partial charge in [-0.1, -0.05) is 58.3 Å². The van der Waals surface area contributed by atoms with Crippen LogP contribution < -0.4 is 5.73 Å². The monoisotopic (exact) mass is 347 g/mol. The molecule has 0 aliphatic heterocycles. The normalized spacial score (nSPS) is 11.0. The molecule has 0 aliphatic carbocycles. The van der Waals surface area contributed by atoms with Gasteiger partial charge in [-0.15, -0.1) is 0 Å². The van der Waals surface area contributed by atoms with Crippen LogP contribution in [-0.4, -0.2) is 64.4 Å². The molecule has 21 heavy (non-hydrogen) atoms. The zero-order valence-corrected chi connectivity index (χ0v) is 16.3. The summed E-state index contributed by atoms with van der Waals surface area (Å²) in [6.45, 7) is 2.17. The van der Waals surface area contributed by atoms with Crippen LogP contribution in [0.15, 0.2) is 0 Å². The van der Waals surface area contributed by atoms with Crippen LogP contribution in [0.4, 0.5) is 0 Å². The van der Waals surface area contributed by atoms with E-state index in [-0.39, 0.29) is 56.5 Å². The van der Waals surface area contributed by atoms with Gasteiger partial charge in [0.1, 0.15) is 0 Å². The van der Waals surface area contributed by atoms with Gasteiger partial charge in [-0.3, -0.25) is 4.79 Å². The topological polar surface area (TPSA) is 86.5 Å². The summed E-state index contributed by atoms with van der Waals surface area (Å²) in [5.41, 5.74) is 5.12. The summed E-state index contributed by atoms with van der Waals surface area (Å²) >= 11 is 0. The van der Waals surface area contributed by atoms with E-state index in [0.29, 0.717) is 6.42 Å². The third-order valence-electron chi connectivity index (χ3n) is 3.07. The van der Waals surface area contributed by atoms with Gasteiger partial charge >= 0.3 is 16.1 Å². The van der Waals surface area contributed by atoms with Crippen LogP contribution in [0.2, 0.25) is 0 Å². The summed E-state index contributed by atoms with van der Waals surface area (Å²) in [5, 5.41) is 0. The maximum Gasteiger partial charge on any atom is 0.322 e. The van der Waals surface area contributed by atoms with Gasteiger partial charge in [-0.25, -0.2) is 0 Å². The van der Waals surface area contributed by atoms with E-state index >= 15 is 0 Å². The molecule has 2 radical (unpaired) electrons. The summed E-state index contributed by atoms with van der Waals surface area (Å²) in [6, 6.07) is 0. The second-order valence-electron chi connectivity index (χ2n) is 5.08. The second kappa shape index (κ2) is 15.5. The van der Waals surface area contributed by atoms with Crippen molar-refractivity contribution in [3.8, 4) is 0 Å². The van der Waals surface area contributed by atoms with Gasteiger partial charge in [0, 0.05) is 50.7 Å². The summed E-state index contributed by atoms with van der Waals surface area (Å²) in [6.07, 6.45) is 10.5. The van der Waals surface area contributed by atoms with Crippen molar-refractivity contribution < 1.29 is 17.4 Å². The van der Waals surface area contributed by atoms with E-state index in [2.05, 4.69) is 11.1 Å². The fraction of sp³-hybridized carbons (Fsp3) is 0.929. The molecule has 7 heteroatoms. The van der Waals surface area contributed by atoms with Crippen LogP contribution in [0.3, 0.4) is 0 Å². The van der Waals surface area contributed by atoms with E-state index in [1.54, 1.807) is 0 Å². The summed E-state index contributed by atoms with van der Waals surface area (Å²) < 4.78 is 26.8. The number of hydrogen-bond donors (Lipinski definition) is 1. The predicted octanol–water partition coefficient (Wildman–Crippen LogP) is 2.36. The van der Waals surface area contributed by atoms with Gasteiger partial charge in [0.25, 0.3) is 0 Å². The van der Waals surface area contributed by atoms with E-state index < -0.39 is 16.1 Å². The number of hydrogen-bond acceptors (Lipinski definition) is 5. The molecule has 122 valence electrons. The first-order chi connectivity index (χ1) is 9.52. The number of nitrogens with two attached hydrogens (primary N) is 1. The Morgan fingerprint density at radius 3 is 1.90 bits per heavy atom. The smallest absolute Gasteiger partial charge is 0.322 e. The van der Waals surface area contributed by atoms with Crippen molar-refractivity contribution in [1.29, 1.82) is 0 Å². The van der Waals surface area contributed by atoms with Crippen molar-refractivity contribution in [2.45, 2.75) is 71.1 Å². The molecule has 0 aromatic heterocycles. The number of carbonyl (C=O) groups is 1. The number of carbonyl (C=O) groups excluding carboxylic acids is 1. The zero-order valence-electron chi connectivity index (χ0n) is 13.3. The van der Waals surface area contributed by atoms with Crippen molar-refractivity contribution >= 4 is 53.8 Å². The largest absolute Gasteiger partial charge is 0.346 e. The molecule has 0 fully saturated rings. The Labute approximate surface area is 159 Å². The van der Waals surface area contributed by atoms with E-state index in [9.17, 15) is 13.2 Å². The van der Waals surface area contributed by atoms with Gasteiger partial charge < -0.3 is 9.92 Å². The van der Waals surface area contributed by atoms with Gasteiger partial charge in [-0.05, 0) is 6.42 Å². The van der Waals surface area contributed by atoms with Crippen LogP contribution in [0.5, 0.6) is 0 Å². The molecular weight excluding hydrogens is 318 g/mol. The summed E-state index contributed by atoms with van der Waals surface area (Å²) in [5.74, 6) is -0.974.